The first-order chi connectivity index (χ1) is 24.8. The molecule has 4 nitrogen and oxygen atoms in total. The summed E-state index contributed by atoms with van der Waals surface area (Å²) in [4.78, 5) is 15.3. The van der Waals surface area contributed by atoms with Gasteiger partial charge in [-0.15, -0.1) is 0 Å². The molecule has 0 atom stereocenters. The van der Waals surface area contributed by atoms with Crippen molar-refractivity contribution < 1.29 is 4.42 Å². The minimum Gasteiger partial charge on any atom is -0.456 e. The molecule has 0 saturated carbocycles. The van der Waals surface area contributed by atoms with Crippen LogP contribution in [0.5, 0.6) is 0 Å². The summed E-state index contributed by atoms with van der Waals surface area (Å²) in [5, 5.41) is 2.16. The number of hydrogen-bond donors (Lipinski definition) is 0. The number of rotatable bonds is 5. The smallest absolute Gasteiger partial charge is 0.164 e. The van der Waals surface area contributed by atoms with Gasteiger partial charge in [-0.2, -0.15) is 0 Å². The van der Waals surface area contributed by atoms with E-state index in [2.05, 4.69) is 121 Å². The number of furan rings is 1. The summed E-state index contributed by atoms with van der Waals surface area (Å²) in [5.41, 5.74) is 11.3. The predicted molar refractivity (Wildman–Crippen MR) is 201 cm³/mol. The molecule has 0 radical (unpaired) electrons. The molecule has 10 rings (SSSR count). The third-order valence-corrected chi connectivity index (χ3v) is 10.0. The number of para-hydroxylation sites is 1. The van der Waals surface area contributed by atoms with Crippen molar-refractivity contribution >= 4 is 21.9 Å². The van der Waals surface area contributed by atoms with E-state index in [9.17, 15) is 0 Å². The zero-order chi connectivity index (χ0) is 33.1. The van der Waals surface area contributed by atoms with E-state index in [0.29, 0.717) is 17.5 Å². The molecule has 0 fully saturated rings. The Balaban J connectivity index is 1.19. The maximum Gasteiger partial charge on any atom is 0.164 e. The number of aromatic nitrogens is 3. The number of hydrogen-bond acceptors (Lipinski definition) is 4. The molecule has 1 aliphatic rings. The summed E-state index contributed by atoms with van der Waals surface area (Å²) < 4.78 is 6.26. The van der Waals surface area contributed by atoms with Gasteiger partial charge in [-0.25, -0.2) is 15.0 Å². The lowest BCUT2D eigenvalue weighted by Crippen LogP contribution is -2.28. The first-order valence-corrected chi connectivity index (χ1v) is 16.9. The molecule has 2 aromatic heterocycles. The number of nitrogens with zero attached hydrogens (tertiary/aromatic N) is 3. The van der Waals surface area contributed by atoms with Crippen LogP contribution in [0.3, 0.4) is 0 Å². The minimum absolute atomic E-state index is 0.519. The van der Waals surface area contributed by atoms with Crippen LogP contribution in [-0.4, -0.2) is 15.0 Å². The maximum atomic E-state index is 6.26. The van der Waals surface area contributed by atoms with Crippen LogP contribution in [0.4, 0.5) is 0 Å². The zero-order valence-corrected chi connectivity index (χ0v) is 27.0. The van der Waals surface area contributed by atoms with Crippen LogP contribution in [-0.2, 0) is 5.41 Å². The first-order valence-electron chi connectivity index (χ1n) is 16.9. The summed E-state index contributed by atoms with van der Waals surface area (Å²) in [6.07, 6.45) is 0. The summed E-state index contributed by atoms with van der Waals surface area (Å²) in [7, 11) is 0. The van der Waals surface area contributed by atoms with Crippen molar-refractivity contribution in [1.29, 1.82) is 0 Å². The monoisotopic (exact) mass is 639 g/mol. The lowest BCUT2D eigenvalue weighted by molar-refractivity contribution is 0.669. The number of fused-ring (bicyclic) bond motifs is 6. The second kappa shape index (κ2) is 11.2. The Morgan fingerprint density at radius 1 is 0.360 bits per heavy atom. The molecule has 1 aliphatic carbocycles. The van der Waals surface area contributed by atoms with Gasteiger partial charge in [0.25, 0.3) is 0 Å². The molecule has 0 spiro atoms. The van der Waals surface area contributed by atoms with Crippen LogP contribution >= 0.6 is 0 Å². The van der Waals surface area contributed by atoms with Crippen molar-refractivity contribution in [1.82, 2.24) is 15.0 Å². The average Bonchev–Trinajstić information content (AvgIpc) is 3.72. The van der Waals surface area contributed by atoms with Gasteiger partial charge in [0.1, 0.15) is 11.2 Å². The van der Waals surface area contributed by atoms with E-state index in [-0.39, 0.29) is 0 Å². The SMILES string of the molecule is c1ccc(-c2nc(-c3cccc(C4(c5ccccc5)c5ccccc5-c5ccccc54)c3)nc(-c3ccc4c(c3)oc3ccccc34)n2)cc1. The lowest BCUT2D eigenvalue weighted by Gasteiger charge is -2.34. The van der Waals surface area contributed by atoms with Gasteiger partial charge in [-0.05, 0) is 57.6 Å². The van der Waals surface area contributed by atoms with Crippen LogP contribution < -0.4 is 0 Å². The molecule has 0 bridgehead atoms. The van der Waals surface area contributed by atoms with Gasteiger partial charge >= 0.3 is 0 Å². The Morgan fingerprint density at radius 3 is 1.60 bits per heavy atom. The van der Waals surface area contributed by atoms with Gasteiger partial charge in [0.05, 0.1) is 5.41 Å². The highest BCUT2D eigenvalue weighted by Crippen LogP contribution is 2.56. The second-order valence-corrected chi connectivity index (χ2v) is 12.8. The summed E-state index contributed by atoms with van der Waals surface area (Å²) in [6, 6.07) is 61.6. The normalized spacial score (nSPS) is 13.0. The Kier molecular flexibility index (Phi) is 6.36. The fourth-order valence-corrected chi connectivity index (χ4v) is 7.82. The molecule has 7 aromatic carbocycles. The standard InChI is InChI=1S/C46H29N3O/c1-3-14-30(15-4-1)43-47-44(49-45(48-43)32-26-27-38-37-22-9-12-25-41(37)50-42(38)29-32)31-16-13-19-34(28-31)46(33-17-5-2-6-18-33)39-23-10-7-20-35(39)36-21-8-11-24-40(36)46/h1-29H. The van der Waals surface area contributed by atoms with Gasteiger partial charge in [0.15, 0.2) is 17.5 Å². The third kappa shape index (κ3) is 4.28. The topological polar surface area (TPSA) is 51.8 Å². The van der Waals surface area contributed by atoms with Crippen molar-refractivity contribution in [2.75, 3.05) is 0 Å². The van der Waals surface area contributed by atoms with Gasteiger partial charge in [0.2, 0.25) is 0 Å². The predicted octanol–water partition coefficient (Wildman–Crippen LogP) is 11.1. The molecule has 0 amide bonds. The fraction of sp³-hybridized carbons (Fsp3) is 0.0217. The quantitative estimate of drug-likeness (QED) is 0.188. The molecular formula is C46H29N3O. The van der Waals surface area contributed by atoms with Crippen LogP contribution in [0.1, 0.15) is 22.3 Å². The van der Waals surface area contributed by atoms with E-state index in [1.807, 2.05) is 54.6 Å². The molecule has 234 valence electrons. The van der Waals surface area contributed by atoms with Crippen molar-refractivity contribution in [3.8, 4) is 45.3 Å². The summed E-state index contributed by atoms with van der Waals surface area (Å²) >= 11 is 0. The molecule has 0 N–H and O–H groups in total. The molecule has 0 saturated heterocycles. The molecule has 2 heterocycles. The maximum absolute atomic E-state index is 6.26. The van der Waals surface area contributed by atoms with Crippen molar-refractivity contribution in [3.63, 3.8) is 0 Å². The molecular weight excluding hydrogens is 611 g/mol. The highest BCUT2D eigenvalue weighted by Gasteiger charge is 2.45. The van der Waals surface area contributed by atoms with Crippen LogP contribution in [0.25, 0.3) is 67.2 Å². The van der Waals surface area contributed by atoms with Gasteiger partial charge < -0.3 is 4.42 Å². The van der Waals surface area contributed by atoms with Crippen molar-refractivity contribution in [2.24, 2.45) is 0 Å². The van der Waals surface area contributed by atoms with Crippen LogP contribution in [0.2, 0.25) is 0 Å². The highest BCUT2D eigenvalue weighted by molar-refractivity contribution is 6.05. The fourth-order valence-electron chi connectivity index (χ4n) is 7.82. The van der Waals surface area contributed by atoms with E-state index in [0.717, 1.165) is 44.2 Å². The molecule has 0 unspecified atom stereocenters. The van der Waals surface area contributed by atoms with E-state index in [1.165, 1.54) is 27.8 Å². The summed E-state index contributed by atoms with van der Waals surface area (Å²) in [6.45, 7) is 0. The largest absolute Gasteiger partial charge is 0.456 e. The van der Waals surface area contributed by atoms with Gasteiger partial charge in [0, 0.05) is 27.5 Å². The lowest BCUT2D eigenvalue weighted by atomic mass is 9.67. The summed E-state index contributed by atoms with van der Waals surface area (Å²) in [5.74, 6) is 1.83. The Morgan fingerprint density at radius 2 is 0.880 bits per heavy atom. The molecule has 9 aromatic rings. The van der Waals surface area contributed by atoms with E-state index in [4.69, 9.17) is 19.4 Å². The van der Waals surface area contributed by atoms with Gasteiger partial charge in [-0.1, -0.05) is 152 Å². The Bertz CT molecular complexity index is 2670. The first kappa shape index (κ1) is 28.4. The van der Waals surface area contributed by atoms with E-state index >= 15 is 0 Å². The van der Waals surface area contributed by atoms with Crippen LogP contribution in [0.15, 0.2) is 180 Å². The van der Waals surface area contributed by atoms with Crippen LogP contribution in [0, 0.1) is 0 Å². The molecule has 50 heavy (non-hydrogen) atoms. The average molecular weight is 640 g/mol. The number of benzene rings is 7. The minimum atomic E-state index is -0.519. The highest BCUT2D eigenvalue weighted by atomic mass is 16.3. The Hall–Kier alpha value is -6.65. The van der Waals surface area contributed by atoms with Gasteiger partial charge in [-0.3, -0.25) is 0 Å². The second-order valence-electron chi connectivity index (χ2n) is 12.8. The Labute approximate surface area is 289 Å². The molecule has 0 aliphatic heterocycles. The van der Waals surface area contributed by atoms with E-state index in [1.54, 1.807) is 0 Å². The van der Waals surface area contributed by atoms with Crippen molar-refractivity contribution in [2.45, 2.75) is 5.41 Å². The van der Waals surface area contributed by atoms with E-state index < -0.39 is 5.41 Å². The zero-order valence-electron chi connectivity index (χ0n) is 27.0. The van der Waals surface area contributed by atoms with Crippen molar-refractivity contribution in [3.05, 3.63) is 198 Å². The third-order valence-electron chi connectivity index (χ3n) is 10.0. The molecule has 4 heteroatoms.